The lowest BCUT2D eigenvalue weighted by Gasteiger charge is -2.25. The van der Waals surface area contributed by atoms with Gasteiger partial charge in [0, 0.05) is 5.54 Å². The molecule has 1 aliphatic heterocycles. The Morgan fingerprint density at radius 1 is 1.35 bits per heavy atom. The third-order valence-corrected chi connectivity index (χ3v) is 3.34. The highest BCUT2D eigenvalue weighted by Gasteiger charge is 2.31. The summed E-state index contributed by atoms with van der Waals surface area (Å²) in [5.41, 5.74) is 1.13. The standard InChI is InChI=1S/C13H16F3N/c1-12(6-3-7-17-12)11-5-2-4-10(8-11)9-13(14,15)16/h2,4-5,8,17H,3,6-7,9H2,1H3. The third kappa shape index (κ3) is 3.00. The molecule has 1 aliphatic rings. The highest BCUT2D eigenvalue weighted by molar-refractivity contribution is 5.30. The van der Waals surface area contributed by atoms with Crippen LogP contribution in [0, 0.1) is 0 Å². The van der Waals surface area contributed by atoms with E-state index < -0.39 is 12.6 Å². The average molecular weight is 243 g/mol. The first kappa shape index (κ1) is 12.4. The topological polar surface area (TPSA) is 12.0 Å². The highest BCUT2D eigenvalue weighted by atomic mass is 19.4. The van der Waals surface area contributed by atoms with Crippen molar-refractivity contribution in [1.82, 2.24) is 5.32 Å². The second-order valence-corrected chi connectivity index (χ2v) is 4.85. The monoisotopic (exact) mass is 243 g/mol. The van der Waals surface area contributed by atoms with Gasteiger partial charge in [-0.05, 0) is 37.4 Å². The summed E-state index contributed by atoms with van der Waals surface area (Å²) in [4.78, 5) is 0. The molecule has 1 aromatic rings. The molecule has 0 bridgehead atoms. The number of benzene rings is 1. The molecule has 0 saturated carbocycles. The normalized spacial score (nSPS) is 25.2. The van der Waals surface area contributed by atoms with Crippen LogP contribution in [0.1, 0.15) is 30.9 Å². The molecule has 1 saturated heterocycles. The molecule has 1 heterocycles. The number of alkyl halides is 3. The summed E-state index contributed by atoms with van der Waals surface area (Å²) in [5.74, 6) is 0. The van der Waals surface area contributed by atoms with Gasteiger partial charge >= 0.3 is 6.18 Å². The number of rotatable bonds is 2. The SMILES string of the molecule is CC1(c2cccc(CC(F)(F)F)c2)CCCN1. The number of nitrogens with one attached hydrogen (secondary N) is 1. The van der Waals surface area contributed by atoms with E-state index in [0.29, 0.717) is 5.56 Å². The Bertz CT molecular complexity index is 392. The van der Waals surface area contributed by atoms with E-state index in [2.05, 4.69) is 5.32 Å². The Morgan fingerprint density at radius 3 is 2.71 bits per heavy atom. The van der Waals surface area contributed by atoms with Crippen molar-refractivity contribution >= 4 is 0 Å². The van der Waals surface area contributed by atoms with Gasteiger partial charge in [0.25, 0.3) is 0 Å². The maximum Gasteiger partial charge on any atom is 0.393 e. The molecule has 1 aromatic carbocycles. The Balaban J connectivity index is 2.22. The zero-order valence-electron chi connectivity index (χ0n) is 9.77. The first-order valence-corrected chi connectivity index (χ1v) is 5.80. The molecule has 0 aromatic heterocycles. The highest BCUT2D eigenvalue weighted by Crippen LogP contribution is 2.31. The van der Waals surface area contributed by atoms with Crippen LogP contribution in [-0.4, -0.2) is 12.7 Å². The molecular weight excluding hydrogens is 227 g/mol. The molecule has 0 radical (unpaired) electrons. The Kier molecular flexibility index (Phi) is 3.17. The van der Waals surface area contributed by atoms with Crippen LogP contribution in [0.2, 0.25) is 0 Å². The second kappa shape index (κ2) is 4.33. The number of hydrogen-bond acceptors (Lipinski definition) is 1. The summed E-state index contributed by atoms with van der Waals surface area (Å²) in [6.45, 7) is 2.98. The molecule has 0 aliphatic carbocycles. The fourth-order valence-corrected chi connectivity index (χ4v) is 2.40. The van der Waals surface area contributed by atoms with Gasteiger partial charge in [-0.2, -0.15) is 13.2 Å². The number of halogens is 3. The van der Waals surface area contributed by atoms with Gasteiger partial charge < -0.3 is 5.32 Å². The van der Waals surface area contributed by atoms with Gasteiger partial charge in [0.15, 0.2) is 0 Å². The van der Waals surface area contributed by atoms with Crippen molar-refractivity contribution in [3.63, 3.8) is 0 Å². The van der Waals surface area contributed by atoms with Crippen LogP contribution in [0.4, 0.5) is 13.2 Å². The lowest BCUT2D eigenvalue weighted by molar-refractivity contribution is -0.127. The van der Waals surface area contributed by atoms with E-state index in [1.807, 2.05) is 13.0 Å². The average Bonchev–Trinajstić information content (AvgIpc) is 2.64. The zero-order chi connectivity index (χ0) is 12.5. The lowest BCUT2D eigenvalue weighted by Crippen LogP contribution is -2.33. The minimum absolute atomic E-state index is 0.165. The van der Waals surface area contributed by atoms with Crippen LogP contribution in [0.5, 0.6) is 0 Å². The van der Waals surface area contributed by atoms with E-state index >= 15 is 0 Å². The summed E-state index contributed by atoms with van der Waals surface area (Å²) >= 11 is 0. The van der Waals surface area contributed by atoms with Gasteiger partial charge in [0.1, 0.15) is 0 Å². The Hall–Kier alpha value is -1.03. The maximum atomic E-state index is 12.3. The molecule has 1 fully saturated rings. The van der Waals surface area contributed by atoms with Crippen molar-refractivity contribution in [1.29, 1.82) is 0 Å². The largest absolute Gasteiger partial charge is 0.393 e. The van der Waals surface area contributed by atoms with E-state index in [1.165, 1.54) is 6.07 Å². The van der Waals surface area contributed by atoms with Gasteiger partial charge in [-0.1, -0.05) is 24.3 Å². The van der Waals surface area contributed by atoms with Crippen LogP contribution in [-0.2, 0) is 12.0 Å². The van der Waals surface area contributed by atoms with Crippen molar-refractivity contribution in [2.45, 2.75) is 37.9 Å². The molecule has 1 nitrogen and oxygen atoms in total. The molecule has 0 amide bonds. The van der Waals surface area contributed by atoms with Gasteiger partial charge in [0.05, 0.1) is 6.42 Å². The van der Waals surface area contributed by atoms with Crippen LogP contribution >= 0.6 is 0 Å². The van der Waals surface area contributed by atoms with Gasteiger partial charge in [0.2, 0.25) is 0 Å². The van der Waals surface area contributed by atoms with E-state index in [1.54, 1.807) is 12.1 Å². The quantitative estimate of drug-likeness (QED) is 0.839. The molecule has 0 spiro atoms. The van der Waals surface area contributed by atoms with Crippen LogP contribution < -0.4 is 5.32 Å². The van der Waals surface area contributed by atoms with E-state index in [0.717, 1.165) is 24.9 Å². The van der Waals surface area contributed by atoms with Crippen molar-refractivity contribution in [2.75, 3.05) is 6.54 Å². The lowest BCUT2D eigenvalue weighted by atomic mass is 9.89. The first-order valence-electron chi connectivity index (χ1n) is 5.80. The molecule has 1 atom stereocenters. The van der Waals surface area contributed by atoms with Crippen molar-refractivity contribution < 1.29 is 13.2 Å². The molecule has 17 heavy (non-hydrogen) atoms. The molecule has 1 unspecified atom stereocenters. The van der Waals surface area contributed by atoms with E-state index in [4.69, 9.17) is 0 Å². The Labute approximate surface area is 99.0 Å². The van der Waals surface area contributed by atoms with Crippen molar-refractivity contribution in [3.8, 4) is 0 Å². The van der Waals surface area contributed by atoms with Crippen LogP contribution in [0.25, 0.3) is 0 Å². The molecular formula is C13H16F3N. The molecule has 4 heteroatoms. The molecule has 94 valence electrons. The first-order chi connectivity index (χ1) is 7.89. The smallest absolute Gasteiger partial charge is 0.308 e. The fourth-order valence-electron chi connectivity index (χ4n) is 2.40. The maximum absolute atomic E-state index is 12.3. The zero-order valence-corrected chi connectivity index (χ0v) is 9.77. The predicted molar refractivity (Wildman–Crippen MR) is 60.8 cm³/mol. The van der Waals surface area contributed by atoms with Gasteiger partial charge in [-0.15, -0.1) is 0 Å². The molecule has 2 rings (SSSR count). The summed E-state index contributed by atoms with van der Waals surface area (Å²) < 4.78 is 37.0. The minimum Gasteiger partial charge on any atom is -0.308 e. The van der Waals surface area contributed by atoms with Crippen LogP contribution in [0.3, 0.4) is 0 Å². The summed E-state index contributed by atoms with van der Waals surface area (Å²) in [5, 5.41) is 3.36. The predicted octanol–water partition coefficient (Wildman–Crippen LogP) is 3.39. The summed E-state index contributed by atoms with van der Waals surface area (Å²) in [6.07, 6.45) is -2.94. The van der Waals surface area contributed by atoms with Crippen molar-refractivity contribution in [3.05, 3.63) is 35.4 Å². The van der Waals surface area contributed by atoms with Crippen molar-refractivity contribution in [2.24, 2.45) is 0 Å². The third-order valence-electron chi connectivity index (χ3n) is 3.34. The van der Waals surface area contributed by atoms with Gasteiger partial charge in [-0.3, -0.25) is 0 Å². The van der Waals surface area contributed by atoms with Gasteiger partial charge in [-0.25, -0.2) is 0 Å². The summed E-state index contributed by atoms with van der Waals surface area (Å²) in [6, 6.07) is 6.82. The Morgan fingerprint density at radius 2 is 2.12 bits per heavy atom. The molecule has 1 N–H and O–H groups in total. The fraction of sp³-hybridized carbons (Fsp3) is 0.538. The minimum atomic E-state index is -4.14. The van der Waals surface area contributed by atoms with Crippen LogP contribution in [0.15, 0.2) is 24.3 Å². The van der Waals surface area contributed by atoms with E-state index in [-0.39, 0.29) is 5.54 Å². The van der Waals surface area contributed by atoms with E-state index in [9.17, 15) is 13.2 Å². The summed E-state index contributed by atoms with van der Waals surface area (Å²) in [7, 11) is 0. The second-order valence-electron chi connectivity index (χ2n) is 4.85. The number of hydrogen-bond donors (Lipinski definition) is 1.